The van der Waals surface area contributed by atoms with Crippen molar-refractivity contribution in [1.82, 2.24) is 15.1 Å². The number of hydrogen-bond donors (Lipinski definition) is 8. The number of aromatic nitrogens is 2. The van der Waals surface area contributed by atoms with E-state index in [9.17, 15) is 38.4 Å². The third-order valence-corrected chi connectivity index (χ3v) is 27.0. The third kappa shape index (κ3) is 27.5. The molecule has 0 saturated heterocycles. The van der Waals surface area contributed by atoms with Gasteiger partial charge >= 0.3 is 0 Å². The zero-order valence-electron chi connectivity index (χ0n) is 86.5. The van der Waals surface area contributed by atoms with Gasteiger partial charge in [0.1, 0.15) is 5.76 Å². The first-order valence-electron chi connectivity index (χ1n) is 50.6. The molecule has 13 aromatic rings. The van der Waals surface area contributed by atoms with Gasteiger partial charge in [0.15, 0.2) is 0 Å². The van der Waals surface area contributed by atoms with Gasteiger partial charge in [0, 0.05) is 178 Å². The highest BCUT2D eigenvalue weighted by atomic mass is 16.5. The standard InChI is InChI=1S/C33H35N3O3.C32H39N3O2.C31H32N4O3.C28H28N4O/c1-6-7-8-12-33(38)35-29-11-9-10-26(20-29)27-15-18-32-30(21-27)31(19-22(2)36(32)24(4)37)34-28-16-13-25(14-17-28)23(3)39-5;1-21(2)8-6-9-25-12-15-28(16-13-25)34-31-18-22(3)35(24(5)37)32-17-14-27(20-30(31)32)26-10-7-11-29(19-26)33-23(4)36;1-5-6-16-32-31(38)23-10-13-26(14-11-23)34-29-17-20(2)35(22(4)37)30-15-12-25(19-28(29)30)24-8-7-9-27(18-24)33-21(3)36;1-19-8-11-24(12-9-19)30-27-16-20(2)32(21(3)33)28-13-10-23(18-26(27)28)22-6-4-7-25(17-22)31-15-5-14-29-31/h1,9-11,13-18,20-22,31,34H,3,7-8,12,19H2,2,4-5H3,(H,35,38);7,10-17,19-22,31,34H,6,8-9,18H2,1-5H3,(H,33,36);1,7-15,18-20,29,34H,6,16-17H2,2-4H3,(H,32,38)(H,33,36);4-15,17-18,20,27,30H,16H2,1-3H3/t2*22-,31+;20-,29+;20-,27+/m0000/s1. The zero-order chi connectivity index (χ0) is 105. The second-order valence-corrected chi connectivity index (χ2v) is 38.8. The summed E-state index contributed by atoms with van der Waals surface area (Å²) >= 11 is 0. The normalized spacial score (nSPS) is 16.6. The second-order valence-electron chi connectivity index (χ2n) is 38.8. The van der Waals surface area contributed by atoms with Crippen molar-refractivity contribution >= 4 is 116 Å². The fourth-order valence-corrected chi connectivity index (χ4v) is 20.1. The number of nitrogens with one attached hydrogen (secondary N) is 8. The summed E-state index contributed by atoms with van der Waals surface area (Å²) in [4.78, 5) is 105. The van der Waals surface area contributed by atoms with Crippen molar-refractivity contribution in [2.24, 2.45) is 5.92 Å². The Bertz CT molecular complexity index is 6980. The number of rotatable bonds is 28. The number of carbonyl (C=O) groups is 8. The maximum absolute atomic E-state index is 12.6. The summed E-state index contributed by atoms with van der Waals surface area (Å²) in [6.07, 6.45) is 23.1. The van der Waals surface area contributed by atoms with Crippen molar-refractivity contribution in [2.75, 3.05) is 70.5 Å². The maximum Gasteiger partial charge on any atom is 0.251 e. The van der Waals surface area contributed by atoms with Gasteiger partial charge in [-0.25, -0.2) is 4.68 Å². The second kappa shape index (κ2) is 49.6. The number of anilines is 11. The summed E-state index contributed by atoms with van der Waals surface area (Å²) in [5, 5.41) is 30.6. The smallest absolute Gasteiger partial charge is 0.251 e. The number of unbranched alkanes of at least 4 members (excludes halogenated alkanes) is 1. The number of benzene rings is 12. The van der Waals surface area contributed by atoms with Crippen LogP contribution in [0.5, 0.6) is 0 Å². The van der Waals surface area contributed by atoms with Gasteiger partial charge in [-0.2, -0.15) is 5.10 Å². The van der Waals surface area contributed by atoms with Gasteiger partial charge in [-0.3, -0.25) is 38.4 Å². The zero-order valence-corrected chi connectivity index (χ0v) is 86.5. The summed E-state index contributed by atoms with van der Waals surface area (Å²) < 4.78 is 7.11. The van der Waals surface area contributed by atoms with Gasteiger partial charge in [-0.1, -0.05) is 129 Å². The Hall–Kier alpha value is -16.5. The van der Waals surface area contributed by atoms with Crippen LogP contribution in [0.3, 0.4) is 0 Å². The molecule has 1 aromatic heterocycles. The molecule has 0 bridgehead atoms. The van der Waals surface area contributed by atoms with E-state index in [4.69, 9.17) is 17.6 Å². The fourth-order valence-electron chi connectivity index (χ4n) is 20.1. The number of nitrogens with zero attached hydrogens (tertiary/aromatic N) is 6. The molecule has 23 nitrogen and oxygen atoms in total. The lowest BCUT2D eigenvalue weighted by Crippen LogP contribution is -2.43. The predicted octanol–water partition coefficient (Wildman–Crippen LogP) is 26.1. The summed E-state index contributed by atoms with van der Waals surface area (Å²) in [6, 6.07) is 91.7. The molecule has 8 N–H and O–H groups in total. The van der Waals surface area contributed by atoms with Crippen molar-refractivity contribution in [3.8, 4) is 74.9 Å². The van der Waals surface area contributed by atoms with Gasteiger partial charge in [0.05, 0.1) is 37.0 Å². The van der Waals surface area contributed by atoms with Crippen LogP contribution >= 0.6 is 0 Å². The Morgan fingerprint density at radius 2 is 0.762 bits per heavy atom. The van der Waals surface area contributed by atoms with Crippen molar-refractivity contribution in [2.45, 2.75) is 209 Å². The summed E-state index contributed by atoms with van der Waals surface area (Å²) in [6.45, 7) is 28.8. The van der Waals surface area contributed by atoms with Crippen molar-refractivity contribution < 1.29 is 43.1 Å². The van der Waals surface area contributed by atoms with Crippen LogP contribution in [0.2, 0.25) is 0 Å². The first-order chi connectivity index (χ1) is 70.8. The van der Waals surface area contributed by atoms with E-state index in [0.29, 0.717) is 43.6 Å². The molecule has 0 spiro atoms. The van der Waals surface area contributed by atoms with Crippen LogP contribution in [-0.4, -0.2) is 94.9 Å². The molecule has 0 saturated carbocycles. The molecule has 4 aliphatic heterocycles. The molecule has 0 unspecified atom stereocenters. The molecule has 12 aromatic carbocycles. The Kier molecular flexibility index (Phi) is 35.9. The Balaban J connectivity index is 0.000000155. The molecule has 0 radical (unpaired) electrons. The number of terminal acetylenes is 2. The predicted molar refractivity (Wildman–Crippen MR) is 599 cm³/mol. The Morgan fingerprint density at radius 1 is 0.408 bits per heavy atom. The molecule has 147 heavy (non-hydrogen) atoms. The van der Waals surface area contributed by atoms with Crippen LogP contribution in [-0.2, 0) is 44.7 Å². The van der Waals surface area contributed by atoms with E-state index < -0.39 is 0 Å². The highest BCUT2D eigenvalue weighted by Crippen LogP contribution is 2.48. The summed E-state index contributed by atoms with van der Waals surface area (Å²) in [5.74, 6) is 6.14. The monoisotopic (exact) mass is 1960 g/mol. The molecule has 0 aliphatic carbocycles. The average Bonchev–Trinajstić information content (AvgIpc) is 0.791. The number of hydrogen-bond acceptors (Lipinski definition) is 14. The highest BCUT2D eigenvalue weighted by Gasteiger charge is 2.38. The number of amides is 8. The molecular weight excluding hydrogens is 1830 g/mol. The Morgan fingerprint density at radius 3 is 1.12 bits per heavy atom. The van der Waals surface area contributed by atoms with E-state index in [0.717, 1.165) is 179 Å². The van der Waals surface area contributed by atoms with E-state index in [1.54, 1.807) is 53.1 Å². The van der Waals surface area contributed by atoms with E-state index in [1.807, 2.05) is 177 Å². The van der Waals surface area contributed by atoms with Gasteiger partial charge < -0.3 is 66.9 Å². The topological polar surface area (TPSA) is 273 Å². The van der Waals surface area contributed by atoms with Crippen molar-refractivity contribution in [3.63, 3.8) is 0 Å². The van der Waals surface area contributed by atoms with Crippen LogP contribution in [0.1, 0.15) is 221 Å². The SMILES string of the molecule is C#CCCCC(=O)Nc1cccc(-c2ccc3c(c2)[C@H](Nc2ccc(C(=C)OC)cc2)C[C@H](C)N3C(C)=O)c1.C#CCCNC(=O)c1ccc(N[C@@H]2C[C@H](C)N(C(C)=O)c3ccc(-c4cccc(NC(C)=O)c4)cc32)cc1.CC(=O)N1c2ccc(-c3cccc(-n4cccn4)c3)cc2[C@H](Nc2ccc(C)cc2)C[C@@H]1C.CC(=O)Nc1cccc(-c2ccc3c(c2)[C@H](Nc2ccc(CCCC(C)C)cc2)C[C@H](C)N3C(C)=O)c1. The minimum Gasteiger partial charge on any atom is -0.497 e. The van der Waals surface area contributed by atoms with E-state index in [2.05, 4.69) is 229 Å². The minimum atomic E-state index is -0.160. The molecule has 5 heterocycles. The lowest BCUT2D eigenvalue weighted by Gasteiger charge is -2.40. The minimum absolute atomic E-state index is 0.000988. The average molecular weight is 1960 g/mol. The quantitative estimate of drug-likeness (QED) is 0.0129. The summed E-state index contributed by atoms with van der Waals surface area (Å²) in [7, 11) is 1.61. The molecule has 8 amide bonds. The van der Waals surface area contributed by atoms with Crippen LogP contribution in [0, 0.1) is 37.5 Å². The molecule has 754 valence electrons. The number of methoxy groups -OCH3 is 1. The van der Waals surface area contributed by atoms with Crippen LogP contribution in [0.15, 0.2) is 292 Å². The van der Waals surface area contributed by atoms with Crippen LogP contribution in [0.4, 0.5) is 62.6 Å². The highest BCUT2D eigenvalue weighted by molar-refractivity contribution is 6.00. The van der Waals surface area contributed by atoms with Gasteiger partial charge in [-0.05, 0) is 334 Å². The van der Waals surface area contributed by atoms with Gasteiger partial charge in [0.25, 0.3) is 5.91 Å². The van der Waals surface area contributed by atoms with Crippen LogP contribution < -0.4 is 62.1 Å². The van der Waals surface area contributed by atoms with E-state index in [-0.39, 0.29) is 95.6 Å². The fraction of sp³-hybridized carbons (Fsp3) is 0.282. The van der Waals surface area contributed by atoms with E-state index in [1.165, 1.54) is 37.8 Å². The maximum atomic E-state index is 12.6. The number of fused-ring (bicyclic) bond motifs is 4. The number of aryl methyl sites for hydroxylation is 2. The lowest BCUT2D eigenvalue weighted by molar-refractivity contribution is -0.118. The van der Waals surface area contributed by atoms with Gasteiger partial charge in [0.2, 0.25) is 41.4 Å². The molecule has 23 heteroatoms. The van der Waals surface area contributed by atoms with Gasteiger partial charge in [-0.15, -0.1) is 24.7 Å². The molecule has 8 atom stereocenters. The molecule has 4 aliphatic rings. The van der Waals surface area contributed by atoms with Crippen molar-refractivity contribution in [3.05, 3.63) is 336 Å². The first-order valence-corrected chi connectivity index (χ1v) is 50.6. The Labute approximate surface area is 865 Å². The molecular formula is C124H134N14O9. The first kappa shape index (κ1) is 106. The van der Waals surface area contributed by atoms with Crippen LogP contribution in [0.25, 0.3) is 56.0 Å². The largest absolute Gasteiger partial charge is 0.497 e. The van der Waals surface area contributed by atoms with E-state index >= 15 is 0 Å². The van der Waals surface area contributed by atoms with Crippen molar-refractivity contribution in [1.29, 1.82) is 0 Å². The number of ether oxygens (including phenoxy) is 1. The molecule has 17 rings (SSSR count). The number of carbonyl (C=O) groups excluding carboxylic acids is 8. The third-order valence-electron chi connectivity index (χ3n) is 27.0. The molecule has 0 fully saturated rings. The lowest BCUT2D eigenvalue weighted by atomic mass is 9.88. The summed E-state index contributed by atoms with van der Waals surface area (Å²) in [5.41, 5.74) is 27.7.